The van der Waals surface area contributed by atoms with E-state index in [2.05, 4.69) is 9.47 Å². The lowest BCUT2D eigenvalue weighted by atomic mass is 9.95. The van der Waals surface area contributed by atoms with Crippen LogP contribution in [0.4, 0.5) is 0 Å². The van der Waals surface area contributed by atoms with E-state index >= 15 is 0 Å². The Labute approximate surface area is 110 Å². The Kier molecular flexibility index (Phi) is 5.05. The molecule has 0 bridgehead atoms. The van der Waals surface area contributed by atoms with Crippen LogP contribution in [0.2, 0.25) is 0 Å². The molecule has 0 saturated carbocycles. The van der Waals surface area contributed by atoms with Gasteiger partial charge in [0.05, 0.1) is 19.8 Å². The molecule has 0 saturated heterocycles. The van der Waals surface area contributed by atoms with Crippen molar-refractivity contribution in [2.45, 2.75) is 6.42 Å². The van der Waals surface area contributed by atoms with Crippen molar-refractivity contribution < 1.29 is 23.9 Å². The van der Waals surface area contributed by atoms with E-state index < -0.39 is 23.8 Å². The van der Waals surface area contributed by atoms with Gasteiger partial charge in [0.25, 0.3) is 0 Å². The van der Waals surface area contributed by atoms with Gasteiger partial charge in [0.2, 0.25) is 5.91 Å². The number of hydrogen-bond acceptors (Lipinski definition) is 5. The van der Waals surface area contributed by atoms with Gasteiger partial charge in [0.1, 0.15) is 5.92 Å². The molecule has 0 aromatic heterocycles. The molecule has 0 aliphatic heterocycles. The normalized spacial score (nSPS) is 11.5. The third kappa shape index (κ3) is 3.54. The quantitative estimate of drug-likeness (QED) is 0.609. The van der Waals surface area contributed by atoms with Crippen molar-refractivity contribution in [3.8, 4) is 0 Å². The molecule has 1 unspecified atom stereocenters. The summed E-state index contributed by atoms with van der Waals surface area (Å²) in [6.07, 6.45) is -0.00667. The molecule has 2 N–H and O–H groups in total. The molecular formula is C13H15NO5. The fourth-order valence-corrected chi connectivity index (χ4v) is 1.67. The first-order valence-corrected chi connectivity index (χ1v) is 5.54. The number of rotatable bonds is 5. The Morgan fingerprint density at radius 1 is 1.16 bits per heavy atom. The van der Waals surface area contributed by atoms with Crippen molar-refractivity contribution in [2.75, 3.05) is 14.2 Å². The standard InChI is InChI=1S/C13H15NO5/c1-18-12(16)9-6-4-3-5-8(9)7-10(11(14)15)13(17)19-2/h3-6,10H,7H2,1-2H3,(H2,14,15). The molecule has 19 heavy (non-hydrogen) atoms. The Morgan fingerprint density at radius 2 is 1.79 bits per heavy atom. The number of benzene rings is 1. The van der Waals surface area contributed by atoms with Crippen LogP contribution in [0.25, 0.3) is 0 Å². The summed E-state index contributed by atoms with van der Waals surface area (Å²) in [4.78, 5) is 34.3. The van der Waals surface area contributed by atoms with E-state index in [1.54, 1.807) is 24.3 Å². The zero-order valence-electron chi connectivity index (χ0n) is 10.7. The summed E-state index contributed by atoms with van der Waals surface area (Å²) >= 11 is 0. The molecule has 1 rings (SSSR count). The highest BCUT2D eigenvalue weighted by Crippen LogP contribution is 2.16. The number of hydrogen-bond donors (Lipinski definition) is 1. The monoisotopic (exact) mass is 265 g/mol. The first-order valence-electron chi connectivity index (χ1n) is 5.54. The largest absolute Gasteiger partial charge is 0.468 e. The van der Waals surface area contributed by atoms with Crippen LogP contribution < -0.4 is 5.73 Å². The van der Waals surface area contributed by atoms with Crippen LogP contribution >= 0.6 is 0 Å². The summed E-state index contributed by atoms with van der Waals surface area (Å²) in [6.45, 7) is 0. The van der Waals surface area contributed by atoms with Crippen LogP contribution in [0.5, 0.6) is 0 Å². The van der Waals surface area contributed by atoms with Crippen molar-refractivity contribution in [3.63, 3.8) is 0 Å². The number of esters is 2. The minimum absolute atomic E-state index is 0.00667. The number of amides is 1. The van der Waals surface area contributed by atoms with E-state index in [1.807, 2.05) is 0 Å². The SMILES string of the molecule is COC(=O)c1ccccc1CC(C(N)=O)C(=O)OC. The Balaban J connectivity index is 3.06. The number of carbonyl (C=O) groups excluding carboxylic acids is 3. The maximum atomic E-state index is 11.6. The van der Waals surface area contributed by atoms with Crippen LogP contribution in [-0.2, 0) is 25.5 Å². The molecule has 6 nitrogen and oxygen atoms in total. The van der Waals surface area contributed by atoms with Crippen molar-refractivity contribution >= 4 is 17.8 Å². The van der Waals surface area contributed by atoms with Crippen LogP contribution in [0, 0.1) is 5.92 Å². The Hall–Kier alpha value is -2.37. The molecule has 0 spiro atoms. The highest BCUT2D eigenvalue weighted by atomic mass is 16.5. The van der Waals surface area contributed by atoms with Crippen LogP contribution in [0.1, 0.15) is 15.9 Å². The van der Waals surface area contributed by atoms with E-state index in [4.69, 9.17) is 5.73 Å². The van der Waals surface area contributed by atoms with E-state index in [-0.39, 0.29) is 6.42 Å². The number of primary amides is 1. The molecule has 0 aliphatic carbocycles. The molecule has 0 aliphatic rings. The van der Waals surface area contributed by atoms with Crippen molar-refractivity contribution in [1.82, 2.24) is 0 Å². The predicted molar refractivity (Wildman–Crippen MR) is 66.2 cm³/mol. The Bertz CT molecular complexity index is 498. The predicted octanol–water partition coefficient (Wildman–Crippen LogP) is 0.290. The van der Waals surface area contributed by atoms with Gasteiger partial charge in [0.15, 0.2) is 0 Å². The molecular weight excluding hydrogens is 250 g/mol. The minimum atomic E-state index is -1.13. The molecule has 1 amide bonds. The second kappa shape index (κ2) is 6.53. The van der Waals surface area contributed by atoms with Crippen molar-refractivity contribution in [3.05, 3.63) is 35.4 Å². The average Bonchev–Trinajstić information content (AvgIpc) is 2.43. The lowest BCUT2D eigenvalue weighted by Crippen LogP contribution is -2.33. The van der Waals surface area contributed by atoms with Gasteiger partial charge in [-0.2, -0.15) is 0 Å². The number of ether oxygens (including phenoxy) is 2. The fourth-order valence-electron chi connectivity index (χ4n) is 1.67. The topological polar surface area (TPSA) is 95.7 Å². The summed E-state index contributed by atoms with van der Waals surface area (Å²) in [6, 6.07) is 6.53. The van der Waals surface area contributed by atoms with Gasteiger partial charge >= 0.3 is 11.9 Å². The molecule has 1 atom stereocenters. The number of methoxy groups -OCH3 is 2. The van der Waals surface area contributed by atoms with Crippen LogP contribution in [0.3, 0.4) is 0 Å². The molecule has 1 aromatic carbocycles. The Morgan fingerprint density at radius 3 is 2.32 bits per heavy atom. The third-order valence-electron chi connectivity index (χ3n) is 2.68. The van der Waals surface area contributed by atoms with Gasteiger partial charge in [0, 0.05) is 0 Å². The highest BCUT2D eigenvalue weighted by molar-refractivity contribution is 5.98. The minimum Gasteiger partial charge on any atom is -0.468 e. The van der Waals surface area contributed by atoms with Gasteiger partial charge in [-0.1, -0.05) is 18.2 Å². The zero-order valence-corrected chi connectivity index (χ0v) is 10.7. The number of nitrogens with two attached hydrogens (primary N) is 1. The van der Waals surface area contributed by atoms with E-state index in [0.717, 1.165) is 0 Å². The molecule has 1 aromatic rings. The molecule has 0 radical (unpaired) electrons. The van der Waals surface area contributed by atoms with Gasteiger partial charge in [-0.15, -0.1) is 0 Å². The molecule has 0 fully saturated rings. The molecule has 0 heterocycles. The van der Waals surface area contributed by atoms with Crippen LogP contribution in [0.15, 0.2) is 24.3 Å². The van der Waals surface area contributed by atoms with Crippen LogP contribution in [-0.4, -0.2) is 32.1 Å². The first kappa shape index (κ1) is 14.7. The van der Waals surface area contributed by atoms with Gasteiger partial charge in [-0.25, -0.2) is 4.79 Å². The van der Waals surface area contributed by atoms with Crippen molar-refractivity contribution in [1.29, 1.82) is 0 Å². The molecule has 6 heteroatoms. The molecule has 102 valence electrons. The average molecular weight is 265 g/mol. The van der Waals surface area contributed by atoms with E-state index in [1.165, 1.54) is 14.2 Å². The fraction of sp³-hybridized carbons (Fsp3) is 0.308. The summed E-state index contributed by atoms with van der Waals surface area (Å²) < 4.78 is 9.15. The second-order valence-electron chi connectivity index (χ2n) is 3.83. The number of carbonyl (C=O) groups is 3. The lowest BCUT2D eigenvalue weighted by Gasteiger charge is -2.13. The van der Waals surface area contributed by atoms with Gasteiger partial charge in [-0.3, -0.25) is 9.59 Å². The van der Waals surface area contributed by atoms with Gasteiger partial charge < -0.3 is 15.2 Å². The summed E-state index contributed by atoms with van der Waals surface area (Å²) in [5.41, 5.74) is 5.96. The maximum absolute atomic E-state index is 11.6. The van der Waals surface area contributed by atoms with E-state index in [9.17, 15) is 14.4 Å². The zero-order chi connectivity index (χ0) is 14.4. The maximum Gasteiger partial charge on any atom is 0.338 e. The van der Waals surface area contributed by atoms with Crippen molar-refractivity contribution in [2.24, 2.45) is 11.7 Å². The third-order valence-corrected chi connectivity index (χ3v) is 2.68. The summed E-state index contributed by atoms with van der Waals surface area (Å²) in [5, 5.41) is 0. The second-order valence-corrected chi connectivity index (χ2v) is 3.83. The highest BCUT2D eigenvalue weighted by Gasteiger charge is 2.27. The van der Waals surface area contributed by atoms with E-state index in [0.29, 0.717) is 11.1 Å². The summed E-state index contributed by atoms with van der Waals surface area (Å²) in [7, 11) is 2.43. The lowest BCUT2D eigenvalue weighted by molar-refractivity contribution is -0.149. The summed E-state index contributed by atoms with van der Waals surface area (Å²) in [5.74, 6) is -3.20. The van der Waals surface area contributed by atoms with Gasteiger partial charge in [-0.05, 0) is 18.1 Å². The first-order chi connectivity index (χ1) is 9.01. The smallest absolute Gasteiger partial charge is 0.338 e.